The molecule has 1 aromatic heterocycles. The highest BCUT2D eigenvalue weighted by atomic mass is 16.4. The average Bonchev–Trinajstić information content (AvgIpc) is 2.34. The van der Waals surface area contributed by atoms with Gasteiger partial charge in [-0.25, -0.2) is 4.98 Å². The van der Waals surface area contributed by atoms with Crippen molar-refractivity contribution in [1.29, 1.82) is 0 Å². The molecule has 2 aromatic rings. The zero-order valence-electron chi connectivity index (χ0n) is 9.71. The maximum Gasteiger partial charge on any atom is 0.315 e. The molecule has 0 unspecified atom stereocenters. The van der Waals surface area contributed by atoms with Crippen LogP contribution in [0.15, 0.2) is 30.5 Å². The highest BCUT2D eigenvalue weighted by Gasteiger charge is 2.52. The van der Waals surface area contributed by atoms with Crippen LogP contribution in [0.3, 0.4) is 0 Å². The van der Waals surface area contributed by atoms with Gasteiger partial charge in [-0.1, -0.05) is 12.1 Å². The first-order valence-electron chi connectivity index (χ1n) is 5.83. The maximum absolute atomic E-state index is 11.5. The lowest BCUT2D eigenvalue weighted by atomic mass is 9.64. The van der Waals surface area contributed by atoms with E-state index < -0.39 is 11.4 Å². The first-order valence-corrected chi connectivity index (χ1v) is 5.83. The van der Waals surface area contributed by atoms with Gasteiger partial charge in [-0.2, -0.15) is 0 Å². The number of nitrogens with zero attached hydrogens (tertiary/aromatic N) is 2. The average molecular weight is 243 g/mol. The van der Waals surface area contributed by atoms with Crippen molar-refractivity contribution in [3.63, 3.8) is 0 Å². The number of hydrogen-bond acceptors (Lipinski definition) is 4. The topological polar surface area (TPSA) is 89.1 Å². The highest BCUT2D eigenvalue weighted by Crippen LogP contribution is 2.42. The molecule has 1 aliphatic rings. The molecule has 5 nitrogen and oxygen atoms in total. The van der Waals surface area contributed by atoms with Crippen molar-refractivity contribution in [3.05, 3.63) is 36.2 Å². The number of hydrogen-bond donors (Lipinski definition) is 2. The summed E-state index contributed by atoms with van der Waals surface area (Å²) >= 11 is 0. The second-order valence-corrected chi connectivity index (χ2v) is 4.80. The van der Waals surface area contributed by atoms with E-state index in [1.54, 1.807) is 6.20 Å². The number of nitrogens with two attached hydrogens (primary N) is 1. The van der Waals surface area contributed by atoms with Crippen molar-refractivity contribution in [1.82, 2.24) is 9.97 Å². The second kappa shape index (κ2) is 3.74. The molecule has 0 radical (unpaired) electrons. The van der Waals surface area contributed by atoms with Crippen molar-refractivity contribution in [2.45, 2.75) is 24.3 Å². The van der Waals surface area contributed by atoms with Crippen LogP contribution in [0, 0.1) is 0 Å². The van der Waals surface area contributed by atoms with Gasteiger partial charge in [-0.05, 0) is 25.0 Å². The van der Waals surface area contributed by atoms with Gasteiger partial charge < -0.3 is 10.8 Å². The first kappa shape index (κ1) is 11.1. The Morgan fingerprint density at radius 1 is 1.33 bits per heavy atom. The third-order valence-corrected chi connectivity index (χ3v) is 3.57. The number of aliphatic carboxylic acids is 1. The van der Waals surface area contributed by atoms with Gasteiger partial charge in [0.15, 0.2) is 0 Å². The molecule has 0 spiro atoms. The van der Waals surface area contributed by atoms with Crippen LogP contribution in [0.1, 0.15) is 18.5 Å². The second-order valence-electron chi connectivity index (χ2n) is 4.80. The maximum atomic E-state index is 11.5. The number of carboxylic acids is 1. The molecule has 1 aromatic carbocycles. The SMILES string of the molecule is NC1CC(C(=O)O)(c2cnc3ccccc3n2)C1. The molecular formula is C13H13N3O2. The molecular weight excluding hydrogens is 230 g/mol. The lowest BCUT2D eigenvalue weighted by Gasteiger charge is -2.41. The van der Waals surface area contributed by atoms with Gasteiger partial charge in [-0.3, -0.25) is 9.78 Å². The monoisotopic (exact) mass is 243 g/mol. The summed E-state index contributed by atoms with van der Waals surface area (Å²) in [7, 11) is 0. The number of carboxylic acid groups (broad SMARTS) is 1. The van der Waals surface area contributed by atoms with Crippen molar-refractivity contribution in [2.75, 3.05) is 0 Å². The first-order chi connectivity index (χ1) is 8.62. The normalized spacial score (nSPS) is 26.8. The minimum absolute atomic E-state index is 0.0608. The fourth-order valence-corrected chi connectivity index (χ4v) is 2.52. The van der Waals surface area contributed by atoms with Gasteiger partial charge in [0.05, 0.1) is 22.9 Å². The summed E-state index contributed by atoms with van der Waals surface area (Å²) in [4.78, 5) is 20.2. The highest BCUT2D eigenvalue weighted by molar-refractivity contribution is 5.83. The van der Waals surface area contributed by atoms with Gasteiger partial charge in [0.1, 0.15) is 5.41 Å². The number of rotatable bonds is 2. The molecule has 1 heterocycles. The summed E-state index contributed by atoms with van der Waals surface area (Å²) in [5.41, 5.74) is 6.78. The van der Waals surface area contributed by atoms with Gasteiger partial charge in [0.25, 0.3) is 0 Å². The standard InChI is InChI=1S/C13H13N3O2/c14-8-5-13(6-8,12(17)18)11-7-15-9-3-1-2-4-10(9)16-11/h1-4,7-8H,5-6,14H2,(H,17,18). The van der Waals surface area contributed by atoms with Gasteiger partial charge in [0, 0.05) is 6.04 Å². The van der Waals surface area contributed by atoms with E-state index in [1.807, 2.05) is 24.3 Å². The molecule has 3 N–H and O–H groups in total. The molecule has 0 atom stereocenters. The molecule has 1 aliphatic carbocycles. The van der Waals surface area contributed by atoms with Crippen LogP contribution in [0.2, 0.25) is 0 Å². The van der Waals surface area contributed by atoms with E-state index in [1.165, 1.54) is 0 Å². The predicted octanol–water partition coefficient (Wildman–Crippen LogP) is 1.07. The lowest BCUT2D eigenvalue weighted by Crippen LogP contribution is -2.54. The Morgan fingerprint density at radius 2 is 2.00 bits per heavy atom. The Hall–Kier alpha value is -2.01. The minimum Gasteiger partial charge on any atom is -0.481 e. The number of fused-ring (bicyclic) bond motifs is 1. The molecule has 3 rings (SSSR count). The van der Waals surface area contributed by atoms with E-state index in [0.29, 0.717) is 18.5 Å². The van der Waals surface area contributed by atoms with Crippen LogP contribution >= 0.6 is 0 Å². The zero-order valence-corrected chi connectivity index (χ0v) is 9.71. The zero-order chi connectivity index (χ0) is 12.8. The Morgan fingerprint density at radius 3 is 2.61 bits per heavy atom. The summed E-state index contributed by atoms with van der Waals surface area (Å²) in [5, 5.41) is 9.40. The molecule has 0 bridgehead atoms. The van der Waals surface area contributed by atoms with Crippen LogP contribution in [0.4, 0.5) is 0 Å². The van der Waals surface area contributed by atoms with E-state index in [9.17, 15) is 9.90 Å². The van der Waals surface area contributed by atoms with Crippen LogP contribution in [-0.2, 0) is 10.2 Å². The summed E-state index contributed by atoms with van der Waals surface area (Å²) < 4.78 is 0. The molecule has 1 fully saturated rings. The van der Waals surface area contributed by atoms with E-state index in [4.69, 9.17) is 5.73 Å². The van der Waals surface area contributed by atoms with Gasteiger partial charge >= 0.3 is 5.97 Å². The summed E-state index contributed by atoms with van der Waals surface area (Å²) in [6.07, 6.45) is 2.41. The molecule has 0 saturated heterocycles. The van der Waals surface area contributed by atoms with Crippen molar-refractivity contribution in [3.8, 4) is 0 Å². The number of aromatic nitrogens is 2. The summed E-state index contributed by atoms with van der Waals surface area (Å²) in [6.45, 7) is 0. The fraction of sp³-hybridized carbons (Fsp3) is 0.308. The summed E-state index contributed by atoms with van der Waals surface area (Å²) in [5.74, 6) is -0.867. The number of carbonyl (C=O) groups is 1. The van der Waals surface area contributed by atoms with Crippen LogP contribution < -0.4 is 5.73 Å². The molecule has 5 heteroatoms. The van der Waals surface area contributed by atoms with E-state index in [2.05, 4.69) is 9.97 Å². The lowest BCUT2D eigenvalue weighted by molar-refractivity contribution is -0.148. The predicted molar refractivity (Wildman–Crippen MR) is 66.1 cm³/mol. The van der Waals surface area contributed by atoms with Gasteiger partial charge in [0.2, 0.25) is 0 Å². The Balaban J connectivity index is 2.11. The van der Waals surface area contributed by atoms with E-state index in [0.717, 1.165) is 11.0 Å². The quantitative estimate of drug-likeness (QED) is 0.823. The number of benzene rings is 1. The third-order valence-electron chi connectivity index (χ3n) is 3.57. The molecule has 92 valence electrons. The van der Waals surface area contributed by atoms with E-state index in [-0.39, 0.29) is 6.04 Å². The third kappa shape index (κ3) is 1.48. The minimum atomic E-state index is -0.948. The Labute approximate surface area is 104 Å². The Kier molecular flexibility index (Phi) is 2.31. The van der Waals surface area contributed by atoms with Crippen molar-refractivity contribution >= 4 is 17.0 Å². The van der Waals surface area contributed by atoms with Crippen molar-refractivity contribution in [2.24, 2.45) is 5.73 Å². The molecule has 18 heavy (non-hydrogen) atoms. The fourth-order valence-electron chi connectivity index (χ4n) is 2.52. The van der Waals surface area contributed by atoms with Gasteiger partial charge in [-0.15, -0.1) is 0 Å². The smallest absolute Gasteiger partial charge is 0.315 e. The molecule has 1 saturated carbocycles. The van der Waals surface area contributed by atoms with Crippen LogP contribution in [0.5, 0.6) is 0 Å². The number of para-hydroxylation sites is 2. The van der Waals surface area contributed by atoms with Crippen LogP contribution in [0.25, 0.3) is 11.0 Å². The Bertz CT molecular complexity index is 620. The van der Waals surface area contributed by atoms with E-state index >= 15 is 0 Å². The summed E-state index contributed by atoms with van der Waals surface area (Å²) in [6, 6.07) is 7.37. The van der Waals surface area contributed by atoms with Crippen molar-refractivity contribution < 1.29 is 9.90 Å². The largest absolute Gasteiger partial charge is 0.481 e. The van der Waals surface area contributed by atoms with Crippen LogP contribution in [-0.4, -0.2) is 27.1 Å². The molecule has 0 aliphatic heterocycles. The molecule has 0 amide bonds.